The van der Waals surface area contributed by atoms with Crippen LogP contribution in [0.1, 0.15) is 23.7 Å². The van der Waals surface area contributed by atoms with E-state index in [-0.39, 0.29) is 6.10 Å². The SMILES string of the molecule is COC1CCNc2ccc(C(F)(F)F)cc21. The molecule has 0 aromatic heterocycles. The number of rotatable bonds is 1. The lowest BCUT2D eigenvalue weighted by Crippen LogP contribution is -2.19. The molecule has 0 radical (unpaired) electrons. The predicted octanol–water partition coefficient (Wildman–Crippen LogP) is 3.21. The van der Waals surface area contributed by atoms with E-state index in [4.69, 9.17) is 4.74 Å². The quantitative estimate of drug-likeness (QED) is 0.801. The molecule has 1 aliphatic rings. The number of alkyl halides is 3. The lowest BCUT2D eigenvalue weighted by atomic mass is 9.98. The molecular weight excluding hydrogens is 219 g/mol. The van der Waals surface area contributed by atoms with Gasteiger partial charge in [-0.15, -0.1) is 0 Å². The normalized spacial score (nSPS) is 20.1. The Hall–Kier alpha value is -1.23. The van der Waals surface area contributed by atoms with Crippen LogP contribution < -0.4 is 5.32 Å². The average Bonchev–Trinajstić information content (AvgIpc) is 2.26. The van der Waals surface area contributed by atoms with Gasteiger partial charge in [0.1, 0.15) is 0 Å². The van der Waals surface area contributed by atoms with Crippen LogP contribution in [0.15, 0.2) is 18.2 Å². The molecule has 16 heavy (non-hydrogen) atoms. The van der Waals surface area contributed by atoms with Crippen LogP contribution in [-0.4, -0.2) is 13.7 Å². The second kappa shape index (κ2) is 3.97. The fourth-order valence-electron chi connectivity index (χ4n) is 1.90. The summed E-state index contributed by atoms with van der Waals surface area (Å²) < 4.78 is 42.8. The van der Waals surface area contributed by atoms with Gasteiger partial charge in [-0.3, -0.25) is 0 Å². The molecule has 1 aromatic carbocycles. The number of fused-ring (bicyclic) bond motifs is 1. The van der Waals surface area contributed by atoms with Crippen LogP contribution >= 0.6 is 0 Å². The van der Waals surface area contributed by atoms with Crippen LogP contribution in [0, 0.1) is 0 Å². The van der Waals surface area contributed by atoms with E-state index in [9.17, 15) is 13.2 Å². The van der Waals surface area contributed by atoms with Gasteiger partial charge in [-0.25, -0.2) is 0 Å². The summed E-state index contributed by atoms with van der Waals surface area (Å²) in [5, 5.41) is 3.06. The first-order valence-electron chi connectivity index (χ1n) is 5.00. The van der Waals surface area contributed by atoms with Crippen LogP contribution in [0.25, 0.3) is 0 Å². The Kier molecular flexibility index (Phi) is 2.80. The van der Waals surface area contributed by atoms with Gasteiger partial charge in [-0.05, 0) is 24.6 Å². The van der Waals surface area contributed by atoms with E-state index < -0.39 is 11.7 Å². The number of hydrogen-bond donors (Lipinski definition) is 1. The molecule has 5 heteroatoms. The number of anilines is 1. The van der Waals surface area contributed by atoms with Gasteiger partial charge in [-0.2, -0.15) is 13.2 Å². The summed E-state index contributed by atoms with van der Waals surface area (Å²) >= 11 is 0. The molecule has 0 saturated carbocycles. The van der Waals surface area contributed by atoms with Crippen LogP contribution in [0.5, 0.6) is 0 Å². The molecule has 0 aliphatic carbocycles. The second-order valence-corrected chi connectivity index (χ2v) is 3.74. The van der Waals surface area contributed by atoms with E-state index in [1.165, 1.54) is 13.2 Å². The summed E-state index contributed by atoms with van der Waals surface area (Å²) in [5.41, 5.74) is 0.687. The Balaban J connectivity index is 2.43. The van der Waals surface area contributed by atoms with Gasteiger partial charge < -0.3 is 10.1 Å². The summed E-state index contributed by atoms with van der Waals surface area (Å²) in [6.45, 7) is 0.719. The Morgan fingerprint density at radius 1 is 1.38 bits per heavy atom. The molecule has 1 aliphatic heterocycles. The number of methoxy groups -OCH3 is 1. The maximum Gasteiger partial charge on any atom is 0.416 e. The predicted molar refractivity (Wildman–Crippen MR) is 54.3 cm³/mol. The molecule has 1 aromatic rings. The van der Waals surface area contributed by atoms with Crippen molar-refractivity contribution in [3.05, 3.63) is 29.3 Å². The standard InChI is InChI=1S/C11H12F3NO/c1-16-10-4-5-15-9-3-2-7(6-8(9)10)11(12,13)14/h2-3,6,10,15H,4-5H2,1H3. The molecule has 1 unspecified atom stereocenters. The first-order valence-corrected chi connectivity index (χ1v) is 5.00. The lowest BCUT2D eigenvalue weighted by Gasteiger charge is -2.26. The van der Waals surface area contributed by atoms with Crippen molar-refractivity contribution in [3.8, 4) is 0 Å². The Morgan fingerprint density at radius 2 is 2.12 bits per heavy atom. The minimum Gasteiger partial charge on any atom is -0.385 e. The van der Waals surface area contributed by atoms with E-state index in [1.54, 1.807) is 0 Å². The van der Waals surface area contributed by atoms with E-state index >= 15 is 0 Å². The molecule has 0 saturated heterocycles. The molecule has 2 rings (SSSR count). The van der Waals surface area contributed by atoms with Gasteiger partial charge >= 0.3 is 6.18 Å². The first-order chi connectivity index (χ1) is 7.52. The Labute approximate surface area is 91.4 Å². The smallest absolute Gasteiger partial charge is 0.385 e. The van der Waals surface area contributed by atoms with Gasteiger partial charge in [0.15, 0.2) is 0 Å². The van der Waals surface area contributed by atoms with E-state index in [0.717, 1.165) is 24.4 Å². The molecule has 88 valence electrons. The third-order valence-corrected chi connectivity index (χ3v) is 2.73. The third kappa shape index (κ3) is 2.00. The number of ether oxygens (including phenoxy) is 1. The number of hydrogen-bond acceptors (Lipinski definition) is 2. The van der Waals surface area contributed by atoms with Gasteiger partial charge in [0, 0.05) is 24.9 Å². The summed E-state index contributed by atoms with van der Waals surface area (Å²) in [4.78, 5) is 0. The molecular formula is C11H12F3NO. The third-order valence-electron chi connectivity index (χ3n) is 2.73. The highest BCUT2D eigenvalue weighted by atomic mass is 19.4. The fraction of sp³-hybridized carbons (Fsp3) is 0.455. The molecule has 0 amide bonds. The summed E-state index contributed by atoms with van der Waals surface area (Å²) in [6.07, 6.45) is -3.87. The summed E-state index contributed by atoms with van der Waals surface area (Å²) in [5.74, 6) is 0. The zero-order chi connectivity index (χ0) is 11.8. The van der Waals surface area contributed by atoms with Crippen molar-refractivity contribution in [2.45, 2.75) is 18.7 Å². The Bertz CT molecular complexity index is 389. The molecule has 0 bridgehead atoms. The lowest BCUT2D eigenvalue weighted by molar-refractivity contribution is -0.137. The monoisotopic (exact) mass is 231 g/mol. The highest BCUT2D eigenvalue weighted by Crippen LogP contribution is 2.37. The van der Waals surface area contributed by atoms with Crippen LogP contribution in [-0.2, 0) is 10.9 Å². The van der Waals surface area contributed by atoms with Gasteiger partial charge in [-0.1, -0.05) is 0 Å². The molecule has 1 atom stereocenters. The number of halogens is 3. The van der Waals surface area contributed by atoms with Crippen LogP contribution in [0.4, 0.5) is 18.9 Å². The minimum atomic E-state index is -4.30. The number of nitrogens with one attached hydrogen (secondary N) is 1. The fourth-order valence-corrected chi connectivity index (χ4v) is 1.90. The highest BCUT2D eigenvalue weighted by molar-refractivity contribution is 5.56. The Morgan fingerprint density at radius 3 is 2.75 bits per heavy atom. The number of benzene rings is 1. The van der Waals surface area contributed by atoms with Gasteiger partial charge in [0.2, 0.25) is 0 Å². The van der Waals surface area contributed by atoms with Crippen molar-refractivity contribution in [3.63, 3.8) is 0 Å². The second-order valence-electron chi connectivity index (χ2n) is 3.74. The maximum atomic E-state index is 12.5. The highest BCUT2D eigenvalue weighted by Gasteiger charge is 2.32. The largest absolute Gasteiger partial charge is 0.416 e. The molecule has 1 N–H and O–H groups in total. The van der Waals surface area contributed by atoms with E-state index in [0.29, 0.717) is 12.0 Å². The van der Waals surface area contributed by atoms with Gasteiger partial charge in [0.25, 0.3) is 0 Å². The molecule has 2 nitrogen and oxygen atoms in total. The van der Waals surface area contributed by atoms with Crippen LogP contribution in [0.2, 0.25) is 0 Å². The van der Waals surface area contributed by atoms with Crippen molar-refractivity contribution in [2.24, 2.45) is 0 Å². The molecule has 1 heterocycles. The summed E-state index contributed by atoms with van der Waals surface area (Å²) in [7, 11) is 1.51. The molecule has 0 spiro atoms. The maximum absolute atomic E-state index is 12.5. The topological polar surface area (TPSA) is 21.3 Å². The van der Waals surface area contributed by atoms with Crippen LogP contribution in [0.3, 0.4) is 0 Å². The van der Waals surface area contributed by atoms with Crippen molar-refractivity contribution >= 4 is 5.69 Å². The zero-order valence-corrected chi connectivity index (χ0v) is 8.77. The van der Waals surface area contributed by atoms with Crippen molar-refractivity contribution < 1.29 is 17.9 Å². The van der Waals surface area contributed by atoms with Crippen molar-refractivity contribution in [1.82, 2.24) is 0 Å². The molecule has 0 fully saturated rings. The van der Waals surface area contributed by atoms with E-state index in [2.05, 4.69) is 5.32 Å². The summed E-state index contributed by atoms with van der Waals surface area (Å²) in [6, 6.07) is 3.71. The zero-order valence-electron chi connectivity index (χ0n) is 8.77. The van der Waals surface area contributed by atoms with Crippen molar-refractivity contribution in [1.29, 1.82) is 0 Å². The van der Waals surface area contributed by atoms with Crippen molar-refractivity contribution in [2.75, 3.05) is 19.0 Å². The average molecular weight is 231 g/mol. The minimum absolute atomic E-state index is 0.251. The van der Waals surface area contributed by atoms with E-state index in [1.807, 2.05) is 0 Å². The first kappa shape index (κ1) is 11.3. The van der Waals surface area contributed by atoms with Gasteiger partial charge in [0.05, 0.1) is 11.7 Å².